The molecule has 0 atom stereocenters. The van der Waals surface area contributed by atoms with E-state index in [0.29, 0.717) is 17.5 Å². The van der Waals surface area contributed by atoms with Gasteiger partial charge in [-0.05, 0) is 51.0 Å². The number of nitrogens with one attached hydrogen (secondary N) is 3. The first-order valence-electron chi connectivity index (χ1n) is 11.1. The average molecular weight is 439 g/mol. The lowest BCUT2D eigenvalue weighted by molar-refractivity contribution is 0.101. The van der Waals surface area contributed by atoms with Gasteiger partial charge in [-0.15, -0.1) is 5.10 Å². The number of hydrogen-bond acceptors (Lipinski definition) is 7. The van der Waals surface area contributed by atoms with Crippen LogP contribution >= 0.6 is 0 Å². The Bertz CT molecular complexity index is 1120. The largest absolute Gasteiger partial charge is 0.393 e. The third-order valence-corrected chi connectivity index (χ3v) is 6.23. The molecule has 0 unspecified atom stereocenters. The molecular weight excluding hydrogens is 413 g/mol. The maximum absolute atomic E-state index is 14.0. The monoisotopic (exact) mass is 439 g/mol. The van der Waals surface area contributed by atoms with Gasteiger partial charge in [-0.3, -0.25) is 9.78 Å². The lowest BCUT2D eigenvalue weighted by Crippen LogP contribution is -2.30. The van der Waals surface area contributed by atoms with Crippen molar-refractivity contribution < 1.29 is 14.3 Å². The molecule has 1 amide bonds. The number of nitrogens with zero attached hydrogens (tertiary/aromatic N) is 4. The summed E-state index contributed by atoms with van der Waals surface area (Å²) in [7, 11) is 0. The minimum atomic E-state index is -0.614. The van der Waals surface area contributed by atoms with Crippen molar-refractivity contribution in [3.8, 4) is 0 Å². The zero-order valence-corrected chi connectivity index (χ0v) is 17.6. The standard InChI is InChI=1S/C22H26FN7O2/c23-16-11-24-9-8-17(16)28-22(32)19-12-25-21-18(26-13-2-1-3-13)10-20(29-30(19)21)27-14-4-6-15(31)7-5-14/h8-15,26,31H,1-7H2,(H,27,29)(H,24,28,32). The highest BCUT2D eigenvalue weighted by atomic mass is 19.1. The molecule has 2 fully saturated rings. The number of pyridine rings is 1. The fourth-order valence-corrected chi connectivity index (χ4v) is 4.16. The Labute approximate surface area is 184 Å². The van der Waals surface area contributed by atoms with E-state index >= 15 is 0 Å². The zero-order valence-electron chi connectivity index (χ0n) is 17.6. The first-order chi connectivity index (χ1) is 15.6. The lowest BCUT2D eigenvalue weighted by Gasteiger charge is -2.29. The van der Waals surface area contributed by atoms with E-state index < -0.39 is 11.7 Å². The molecule has 0 radical (unpaired) electrons. The summed E-state index contributed by atoms with van der Waals surface area (Å²) >= 11 is 0. The summed E-state index contributed by atoms with van der Waals surface area (Å²) < 4.78 is 15.5. The molecular formula is C22H26FN7O2. The first kappa shape index (κ1) is 20.6. The smallest absolute Gasteiger partial charge is 0.276 e. The van der Waals surface area contributed by atoms with Crippen LogP contribution in [-0.2, 0) is 0 Å². The molecule has 5 rings (SSSR count). The summed E-state index contributed by atoms with van der Waals surface area (Å²) in [5.74, 6) is -0.498. The highest BCUT2D eigenvalue weighted by molar-refractivity contribution is 6.03. The number of rotatable bonds is 6. The number of aliphatic hydroxyl groups is 1. The Morgan fingerprint density at radius 3 is 2.56 bits per heavy atom. The van der Waals surface area contributed by atoms with Gasteiger partial charge in [0, 0.05) is 24.3 Å². The molecule has 9 nitrogen and oxygen atoms in total. The van der Waals surface area contributed by atoms with Gasteiger partial charge in [0.2, 0.25) is 0 Å². The maximum Gasteiger partial charge on any atom is 0.276 e. The van der Waals surface area contributed by atoms with Crippen LogP contribution in [0.3, 0.4) is 0 Å². The number of imidazole rings is 1. The van der Waals surface area contributed by atoms with Crippen LogP contribution in [0, 0.1) is 5.82 Å². The van der Waals surface area contributed by atoms with Crippen molar-refractivity contribution in [2.75, 3.05) is 16.0 Å². The molecule has 32 heavy (non-hydrogen) atoms. The second-order valence-electron chi connectivity index (χ2n) is 8.55. The normalized spacial score (nSPS) is 21.2. The van der Waals surface area contributed by atoms with Gasteiger partial charge < -0.3 is 21.1 Å². The maximum atomic E-state index is 14.0. The number of aromatic nitrogens is 4. The number of hydrogen-bond donors (Lipinski definition) is 4. The van der Waals surface area contributed by atoms with E-state index in [-0.39, 0.29) is 23.5 Å². The Hall–Kier alpha value is -3.27. The Kier molecular flexibility index (Phi) is 5.60. The number of anilines is 3. The summed E-state index contributed by atoms with van der Waals surface area (Å²) in [4.78, 5) is 21.0. The van der Waals surface area contributed by atoms with Crippen LogP contribution in [0.25, 0.3) is 5.65 Å². The second kappa shape index (κ2) is 8.70. The van der Waals surface area contributed by atoms with Gasteiger partial charge in [0.15, 0.2) is 17.2 Å². The topological polar surface area (TPSA) is 116 Å². The molecule has 0 aliphatic heterocycles. The molecule has 2 aliphatic rings. The van der Waals surface area contributed by atoms with Crippen molar-refractivity contribution in [1.82, 2.24) is 19.6 Å². The van der Waals surface area contributed by atoms with E-state index in [9.17, 15) is 14.3 Å². The summed E-state index contributed by atoms with van der Waals surface area (Å²) in [6.45, 7) is 0. The predicted molar refractivity (Wildman–Crippen MR) is 118 cm³/mol. The fourth-order valence-electron chi connectivity index (χ4n) is 4.16. The third-order valence-electron chi connectivity index (χ3n) is 6.23. The van der Waals surface area contributed by atoms with Gasteiger partial charge in [-0.1, -0.05) is 0 Å². The van der Waals surface area contributed by atoms with Crippen LogP contribution in [0.1, 0.15) is 55.4 Å². The van der Waals surface area contributed by atoms with Gasteiger partial charge >= 0.3 is 0 Å². The Morgan fingerprint density at radius 1 is 1.06 bits per heavy atom. The molecule has 2 aliphatic carbocycles. The Morgan fingerprint density at radius 2 is 1.84 bits per heavy atom. The predicted octanol–water partition coefficient (Wildman–Crippen LogP) is 3.20. The van der Waals surface area contributed by atoms with Crippen molar-refractivity contribution in [3.63, 3.8) is 0 Å². The lowest BCUT2D eigenvalue weighted by atomic mass is 9.93. The van der Waals surface area contributed by atoms with E-state index in [4.69, 9.17) is 0 Å². The molecule has 4 N–H and O–H groups in total. The Balaban J connectivity index is 1.46. The van der Waals surface area contributed by atoms with Gasteiger partial charge in [-0.25, -0.2) is 13.9 Å². The van der Waals surface area contributed by atoms with Crippen LogP contribution in [0.5, 0.6) is 0 Å². The van der Waals surface area contributed by atoms with Crippen LogP contribution in [0.15, 0.2) is 30.7 Å². The number of carbonyl (C=O) groups is 1. The van der Waals surface area contributed by atoms with Crippen molar-refractivity contribution in [2.24, 2.45) is 0 Å². The summed E-state index contributed by atoms with van der Waals surface area (Å²) in [5, 5.41) is 23.9. The SMILES string of the molecule is O=C(Nc1ccncc1F)c1cnc2c(NC3CCC3)cc(NC3CCC(O)CC3)nn12. The van der Waals surface area contributed by atoms with Crippen molar-refractivity contribution in [3.05, 3.63) is 42.2 Å². The summed E-state index contributed by atoms with van der Waals surface area (Å²) in [6.07, 6.45) is 10.2. The molecule has 3 aromatic heterocycles. The molecule has 0 aromatic carbocycles. The molecule has 2 saturated carbocycles. The van der Waals surface area contributed by atoms with E-state index in [1.54, 1.807) is 0 Å². The molecule has 10 heteroatoms. The number of fused-ring (bicyclic) bond motifs is 1. The minimum Gasteiger partial charge on any atom is -0.393 e. The van der Waals surface area contributed by atoms with Crippen LogP contribution in [0.4, 0.5) is 21.6 Å². The van der Waals surface area contributed by atoms with Crippen molar-refractivity contribution in [2.45, 2.75) is 63.1 Å². The van der Waals surface area contributed by atoms with E-state index in [2.05, 4.69) is 31.0 Å². The fraction of sp³-hybridized carbons (Fsp3) is 0.455. The van der Waals surface area contributed by atoms with E-state index in [1.165, 1.54) is 29.4 Å². The van der Waals surface area contributed by atoms with E-state index in [0.717, 1.165) is 50.4 Å². The van der Waals surface area contributed by atoms with Crippen molar-refractivity contribution in [1.29, 1.82) is 0 Å². The first-order valence-corrected chi connectivity index (χ1v) is 11.1. The number of carbonyl (C=O) groups excluding carboxylic acids is 1. The van der Waals surface area contributed by atoms with Crippen LogP contribution < -0.4 is 16.0 Å². The van der Waals surface area contributed by atoms with Gasteiger partial charge in [0.25, 0.3) is 5.91 Å². The highest BCUT2D eigenvalue weighted by Crippen LogP contribution is 2.29. The molecule has 0 saturated heterocycles. The number of amides is 1. The summed E-state index contributed by atoms with van der Waals surface area (Å²) in [6, 6.07) is 3.90. The number of halogens is 1. The van der Waals surface area contributed by atoms with Crippen LogP contribution in [0.2, 0.25) is 0 Å². The summed E-state index contributed by atoms with van der Waals surface area (Å²) in [5.41, 5.74) is 1.59. The third kappa shape index (κ3) is 4.22. The second-order valence-corrected chi connectivity index (χ2v) is 8.55. The van der Waals surface area contributed by atoms with Gasteiger partial charge in [-0.2, -0.15) is 0 Å². The van der Waals surface area contributed by atoms with Crippen molar-refractivity contribution >= 4 is 28.7 Å². The molecule has 3 aromatic rings. The minimum absolute atomic E-state index is 0.0443. The van der Waals surface area contributed by atoms with Gasteiger partial charge in [0.1, 0.15) is 5.82 Å². The molecule has 0 bridgehead atoms. The van der Waals surface area contributed by atoms with Crippen LogP contribution in [-0.4, -0.2) is 48.8 Å². The highest BCUT2D eigenvalue weighted by Gasteiger charge is 2.24. The quantitative estimate of drug-likeness (QED) is 0.466. The zero-order chi connectivity index (χ0) is 22.1. The number of aliphatic hydroxyl groups excluding tert-OH is 1. The van der Waals surface area contributed by atoms with Gasteiger partial charge in [0.05, 0.1) is 29.9 Å². The molecule has 3 heterocycles. The van der Waals surface area contributed by atoms with E-state index in [1.807, 2.05) is 6.07 Å². The molecule has 0 spiro atoms. The molecule has 168 valence electrons. The average Bonchev–Trinajstić information content (AvgIpc) is 3.18.